The topological polar surface area (TPSA) is 43.3 Å². The molecule has 18 heavy (non-hydrogen) atoms. The summed E-state index contributed by atoms with van der Waals surface area (Å²) in [6.07, 6.45) is 4.05. The van der Waals surface area contributed by atoms with Crippen LogP contribution in [-0.4, -0.2) is 9.38 Å². The van der Waals surface area contributed by atoms with Crippen LogP contribution in [0.5, 0.6) is 0 Å². The van der Waals surface area contributed by atoms with Crippen LogP contribution in [0.4, 0.5) is 0 Å². The van der Waals surface area contributed by atoms with E-state index in [4.69, 9.17) is 5.73 Å². The summed E-state index contributed by atoms with van der Waals surface area (Å²) in [5.74, 6) is 0. The zero-order valence-corrected chi connectivity index (χ0v) is 10.3. The van der Waals surface area contributed by atoms with Crippen molar-refractivity contribution in [3.8, 4) is 11.3 Å². The van der Waals surface area contributed by atoms with Crippen molar-refractivity contribution in [1.82, 2.24) is 9.38 Å². The maximum atomic E-state index is 5.64. The van der Waals surface area contributed by atoms with Crippen LogP contribution >= 0.6 is 0 Å². The van der Waals surface area contributed by atoms with Crippen LogP contribution in [0, 0.1) is 6.92 Å². The molecule has 0 aliphatic carbocycles. The van der Waals surface area contributed by atoms with Gasteiger partial charge in [0.1, 0.15) is 5.65 Å². The monoisotopic (exact) mass is 237 g/mol. The number of benzene rings is 1. The number of hydrogen-bond acceptors (Lipinski definition) is 2. The summed E-state index contributed by atoms with van der Waals surface area (Å²) in [4.78, 5) is 4.64. The second-order valence-electron chi connectivity index (χ2n) is 4.50. The minimum atomic E-state index is 0.545. The van der Waals surface area contributed by atoms with E-state index in [2.05, 4.69) is 36.2 Å². The number of fused-ring (bicyclic) bond motifs is 1. The van der Waals surface area contributed by atoms with Gasteiger partial charge < -0.3 is 10.1 Å². The molecule has 0 fully saturated rings. The molecule has 0 aliphatic rings. The molecule has 2 N–H and O–H groups in total. The second kappa shape index (κ2) is 4.27. The third-order valence-electron chi connectivity index (χ3n) is 3.07. The Hall–Kier alpha value is -2.13. The first-order valence-electron chi connectivity index (χ1n) is 6.01. The summed E-state index contributed by atoms with van der Waals surface area (Å²) >= 11 is 0. The number of aryl methyl sites for hydroxylation is 1. The third kappa shape index (κ3) is 1.89. The Morgan fingerprint density at radius 1 is 1.22 bits per heavy atom. The average Bonchev–Trinajstić information content (AvgIpc) is 2.81. The van der Waals surface area contributed by atoms with Crippen LogP contribution in [-0.2, 0) is 6.54 Å². The van der Waals surface area contributed by atoms with Gasteiger partial charge in [-0.2, -0.15) is 0 Å². The van der Waals surface area contributed by atoms with E-state index < -0.39 is 0 Å². The fourth-order valence-corrected chi connectivity index (χ4v) is 2.09. The molecule has 2 heterocycles. The quantitative estimate of drug-likeness (QED) is 0.744. The molecule has 0 aliphatic heterocycles. The lowest BCUT2D eigenvalue weighted by Crippen LogP contribution is -1.96. The van der Waals surface area contributed by atoms with Crippen LogP contribution in [0.25, 0.3) is 16.9 Å². The Kier molecular flexibility index (Phi) is 2.61. The van der Waals surface area contributed by atoms with Crippen molar-refractivity contribution in [2.75, 3.05) is 0 Å². The fraction of sp³-hybridized carbons (Fsp3) is 0.133. The van der Waals surface area contributed by atoms with E-state index in [-0.39, 0.29) is 0 Å². The minimum Gasteiger partial charge on any atom is -0.326 e. The van der Waals surface area contributed by atoms with E-state index in [1.807, 2.05) is 28.9 Å². The Morgan fingerprint density at radius 2 is 2.11 bits per heavy atom. The average molecular weight is 237 g/mol. The van der Waals surface area contributed by atoms with Gasteiger partial charge in [-0.15, -0.1) is 0 Å². The maximum Gasteiger partial charge on any atom is 0.137 e. The number of hydrogen-bond donors (Lipinski definition) is 1. The van der Waals surface area contributed by atoms with Crippen molar-refractivity contribution in [3.05, 3.63) is 59.9 Å². The summed E-state index contributed by atoms with van der Waals surface area (Å²) in [5.41, 5.74) is 11.1. The van der Waals surface area contributed by atoms with Crippen molar-refractivity contribution in [3.63, 3.8) is 0 Å². The largest absolute Gasteiger partial charge is 0.326 e. The highest BCUT2D eigenvalue weighted by Gasteiger charge is 2.04. The van der Waals surface area contributed by atoms with Crippen LogP contribution < -0.4 is 5.73 Å². The van der Waals surface area contributed by atoms with Gasteiger partial charge in [-0.3, -0.25) is 0 Å². The molecular formula is C15H15N3. The van der Waals surface area contributed by atoms with Gasteiger partial charge in [0.15, 0.2) is 0 Å². The highest BCUT2D eigenvalue weighted by Crippen LogP contribution is 2.20. The molecule has 3 aromatic rings. The Bertz CT molecular complexity index is 698. The Labute approximate surface area is 106 Å². The first-order chi connectivity index (χ1) is 8.76. The van der Waals surface area contributed by atoms with Crippen LogP contribution in [0.3, 0.4) is 0 Å². The minimum absolute atomic E-state index is 0.545. The van der Waals surface area contributed by atoms with Gasteiger partial charge in [-0.1, -0.05) is 23.8 Å². The number of pyridine rings is 1. The first-order valence-corrected chi connectivity index (χ1v) is 6.01. The summed E-state index contributed by atoms with van der Waals surface area (Å²) in [7, 11) is 0. The number of rotatable bonds is 2. The van der Waals surface area contributed by atoms with Crippen molar-refractivity contribution >= 4 is 5.65 Å². The molecule has 1 aromatic carbocycles. The molecule has 0 atom stereocenters. The zero-order valence-electron chi connectivity index (χ0n) is 10.3. The predicted molar refractivity (Wildman–Crippen MR) is 73.3 cm³/mol. The maximum absolute atomic E-state index is 5.64. The summed E-state index contributed by atoms with van der Waals surface area (Å²) in [6.45, 7) is 2.63. The molecule has 90 valence electrons. The Morgan fingerprint density at radius 3 is 2.89 bits per heavy atom. The SMILES string of the molecule is Cc1cccc(-c2cn3ccc(CN)cc3n2)c1. The molecule has 0 unspecified atom stereocenters. The standard InChI is InChI=1S/C15H15N3/c1-11-3-2-4-13(7-11)14-10-18-6-5-12(9-16)8-15(18)17-14/h2-8,10H,9,16H2,1H3. The smallest absolute Gasteiger partial charge is 0.137 e. The summed E-state index contributed by atoms with van der Waals surface area (Å²) in [6, 6.07) is 12.4. The molecule has 0 saturated carbocycles. The van der Waals surface area contributed by atoms with Gasteiger partial charge in [-0.05, 0) is 30.7 Å². The van der Waals surface area contributed by atoms with Gasteiger partial charge in [0.2, 0.25) is 0 Å². The van der Waals surface area contributed by atoms with Crippen molar-refractivity contribution in [1.29, 1.82) is 0 Å². The lowest BCUT2D eigenvalue weighted by atomic mass is 10.1. The van der Waals surface area contributed by atoms with E-state index in [0.717, 1.165) is 22.5 Å². The van der Waals surface area contributed by atoms with Crippen LogP contribution in [0.2, 0.25) is 0 Å². The third-order valence-corrected chi connectivity index (χ3v) is 3.07. The number of aromatic nitrogens is 2. The number of imidazole rings is 1. The molecule has 3 nitrogen and oxygen atoms in total. The van der Waals surface area contributed by atoms with Gasteiger partial charge >= 0.3 is 0 Å². The summed E-state index contributed by atoms with van der Waals surface area (Å²) in [5, 5.41) is 0. The van der Waals surface area contributed by atoms with Crippen LogP contribution in [0.1, 0.15) is 11.1 Å². The van der Waals surface area contributed by atoms with E-state index in [1.54, 1.807) is 0 Å². The second-order valence-corrected chi connectivity index (χ2v) is 4.50. The molecule has 3 heteroatoms. The lowest BCUT2D eigenvalue weighted by molar-refractivity contribution is 1.05. The van der Waals surface area contributed by atoms with E-state index in [0.29, 0.717) is 6.54 Å². The van der Waals surface area contributed by atoms with E-state index >= 15 is 0 Å². The number of nitrogens with two attached hydrogens (primary N) is 1. The molecular weight excluding hydrogens is 222 g/mol. The van der Waals surface area contributed by atoms with E-state index in [9.17, 15) is 0 Å². The van der Waals surface area contributed by atoms with Gasteiger partial charge in [0, 0.05) is 24.5 Å². The van der Waals surface area contributed by atoms with E-state index in [1.165, 1.54) is 5.56 Å². The highest BCUT2D eigenvalue weighted by molar-refractivity contribution is 5.63. The molecule has 0 spiro atoms. The molecule has 0 radical (unpaired) electrons. The van der Waals surface area contributed by atoms with Gasteiger partial charge in [0.05, 0.1) is 5.69 Å². The summed E-state index contributed by atoms with van der Waals surface area (Å²) < 4.78 is 2.02. The molecule has 2 aromatic heterocycles. The predicted octanol–water partition coefficient (Wildman–Crippen LogP) is 2.77. The molecule has 0 amide bonds. The zero-order chi connectivity index (χ0) is 12.5. The molecule has 0 saturated heterocycles. The first kappa shape index (κ1) is 11.0. The lowest BCUT2D eigenvalue weighted by Gasteiger charge is -1.96. The highest BCUT2D eigenvalue weighted by atomic mass is 15.0. The number of nitrogens with zero attached hydrogens (tertiary/aromatic N) is 2. The van der Waals surface area contributed by atoms with Gasteiger partial charge in [0.25, 0.3) is 0 Å². The van der Waals surface area contributed by atoms with Crippen molar-refractivity contribution < 1.29 is 0 Å². The van der Waals surface area contributed by atoms with Gasteiger partial charge in [-0.25, -0.2) is 4.98 Å². The van der Waals surface area contributed by atoms with Crippen molar-refractivity contribution in [2.45, 2.75) is 13.5 Å². The van der Waals surface area contributed by atoms with Crippen molar-refractivity contribution in [2.24, 2.45) is 5.73 Å². The van der Waals surface area contributed by atoms with Crippen LogP contribution in [0.15, 0.2) is 48.8 Å². The normalized spacial score (nSPS) is 11.0. The Balaban J connectivity index is 2.13. The molecule has 3 rings (SSSR count). The fourth-order valence-electron chi connectivity index (χ4n) is 2.09. The molecule has 0 bridgehead atoms.